The number of nitrogens with zero attached hydrogens (tertiary/aromatic N) is 2. The van der Waals surface area contributed by atoms with Gasteiger partial charge in [0.25, 0.3) is 0 Å². The summed E-state index contributed by atoms with van der Waals surface area (Å²) < 4.78 is 4.93. The Balaban J connectivity index is 2.95. The molecular formula is C11H13ClN2O2. The third-order valence-corrected chi connectivity index (χ3v) is 1.98. The second-order valence-corrected chi connectivity index (χ2v) is 3.75. The van der Waals surface area contributed by atoms with E-state index in [2.05, 4.69) is 4.98 Å². The quantitative estimate of drug-likeness (QED) is 0.459. The molecular weight excluding hydrogens is 228 g/mol. The molecule has 1 rings (SSSR count). The fourth-order valence-corrected chi connectivity index (χ4v) is 1.23. The molecule has 1 heterocycles. The molecule has 5 heteroatoms. The molecule has 0 aliphatic heterocycles. The molecule has 0 bridgehead atoms. The summed E-state index contributed by atoms with van der Waals surface area (Å²) in [6.07, 6.45) is 3.13. The van der Waals surface area contributed by atoms with Gasteiger partial charge < -0.3 is 9.64 Å². The highest BCUT2D eigenvalue weighted by Crippen LogP contribution is 2.16. The van der Waals surface area contributed by atoms with Crippen LogP contribution in [-0.4, -0.2) is 36.9 Å². The number of aromatic nitrogens is 1. The van der Waals surface area contributed by atoms with Crippen LogP contribution in [0.2, 0.25) is 5.15 Å². The highest BCUT2D eigenvalue weighted by molar-refractivity contribution is 6.30. The molecule has 0 N–H and O–H groups in total. The van der Waals surface area contributed by atoms with Crippen molar-refractivity contribution in [3.05, 3.63) is 35.1 Å². The number of carbonyl (C=O) groups excluding carboxylic acids is 1. The van der Waals surface area contributed by atoms with Gasteiger partial charge in [0.05, 0.1) is 7.11 Å². The molecule has 0 aliphatic rings. The minimum absolute atomic E-state index is 0.142. The van der Waals surface area contributed by atoms with Crippen molar-refractivity contribution >= 4 is 17.4 Å². The van der Waals surface area contributed by atoms with Gasteiger partial charge in [-0.3, -0.25) is 4.79 Å². The van der Waals surface area contributed by atoms with Crippen LogP contribution in [-0.2, 0) is 0 Å². The second-order valence-electron chi connectivity index (χ2n) is 3.36. The van der Waals surface area contributed by atoms with Gasteiger partial charge in [0.1, 0.15) is 5.15 Å². The van der Waals surface area contributed by atoms with Crippen molar-refractivity contribution in [3.63, 3.8) is 0 Å². The Morgan fingerprint density at radius 3 is 2.75 bits per heavy atom. The summed E-state index contributed by atoms with van der Waals surface area (Å²) in [6, 6.07) is 3.06. The van der Waals surface area contributed by atoms with Gasteiger partial charge in [0.15, 0.2) is 5.78 Å². The summed E-state index contributed by atoms with van der Waals surface area (Å²) in [5.41, 5.74) is 0.454. The molecule has 0 aromatic carbocycles. The molecule has 0 aliphatic carbocycles. The molecule has 0 spiro atoms. The first-order valence-corrected chi connectivity index (χ1v) is 5.01. The van der Waals surface area contributed by atoms with E-state index in [4.69, 9.17) is 16.3 Å². The fraction of sp³-hybridized carbons (Fsp3) is 0.273. The van der Waals surface area contributed by atoms with Crippen LogP contribution in [0.15, 0.2) is 24.4 Å². The summed E-state index contributed by atoms with van der Waals surface area (Å²) in [7, 11) is 5.15. The van der Waals surface area contributed by atoms with Gasteiger partial charge in [0.2, 0.25) is 5.88 Å². The average molecular weight is 241 g/mol. The molecule has 0 unspecified atom stereocenters. The number of methoxy groups -OCH3 is 1. The van der Waals surface area contributed by atoms with Crippen LogP contribution in [0.4, 0.5) is 0 Å². The van der Waals surface area contributed by atoms with Gasteiger partial charge in [-0.05, 0) is 6.07 Å². The van der Waals surface area contributed by atoms with Gasteiger partial charge in [0, 0.05) is 38.0 Å². The first-order valence-electron chi connectivity index (χ1n) is 4.63. The van der Waals surface area contributed by atoms with E-state index >= 15 is 0 Å². The van der Waals surface area contributed by atoms with Crippen molar-refractivity contribution in [2.75, 3.05) is 21.2 Å². The highest BCUT2D eigenvalue weighted by Gasteiger charge is 2.06. The Morgan fingerprint density at radius 2 is 2.19 bits per heavy atom. The third kappa shape index (κ3) is 3.55. The molecule has 4 nitrogen and oxygen atoms in total. The number of allylic oxidation sites excluding steroid dienone is 1. The SMILES string of the molecule is COc1cc(C(=O)C=CN(C)C)cc(Cl)n1. The molecule has 0 saturated heterocycles. The van der Waals surface area contributed by atoms with E-state index < -0.39 is 0 Å². The predicted molar refractivity (Wildman–Crippen MR) is 63.0 cm³/mol. The summed E-state index contributed by atoms with van der Waals surface area (Å²) in [5.74, 6) is 0.186. The predicted octanol–water partition coefficient (Wildman–Crippen LogP) is 2.00. The number of rotatable bonds is 4. The van der Waals surface area contributed by atoms with Crippen LogP contribution < -0.4 is 4.74 Å². The van der Waals surface area contributed by atoms with Crippen molar-refractivity contribution in [2.45, 2.75) is 0 Å². The Morgan fingerprint density at radius 1 is 1.50 bits per heavy atom. The summed E-state index contributed by atoms with van der Waals surface area (Å²) in [6.45, 7) is 0. The fourth-order valence-electron chi connectivity index (χ4n) is 1.03. The number of hydrogen-bond acceptors (Lipinski definition) is 4. The van der Waals surface area contributed by atoms with Crippen LogP contribution in [0.1, 0.15) is 10.4 Å². The molecule has 16 heavy (non-hydrogen) atoms. The Bertz CT molecular complexity index is 416. The normalized spacial score (nSPS) is 10.5. The molecule has 86 valence electrons. The lowest BCUT2D eigenvalue weighted by Gasteiger charge is -2.04. The monoisotopic (exact) mass is 240 g/mol. The average Bonchev–Trinajstić information content (AvgIpc) is 2.24. The van der Waals surface area contributed by atoms with E-state index in [-0.39, 0.29) is 10.9 Å². The molecule has 0 fully saturated rings. The number of ether oxygens (including phenoxy) is 1. The maximum Gasteiger partial charge on any atom is 0.215 e. The number of halogens is 1. The maximum atomic E-state index is 11.7. The summed E-state index contributed by atoms with van der Waals surface area (Å²) in [4.78, 5) is 17.4. The van der Waals surface area contributed by atoms with Crippen molar-refractivity contribution in [2.24, 2.45) is 0 Å². The largest absolute Gasteiger partial charge is 0.481 e. The molecule has 0 atom stereocenters. The van der Waals surface area contributed by atoms with Crippen LogP contribution in [0, 0.1) is 0 Å². The van der Waals surface area contributed by atoms with E-state index in [0.717, 1.165) is 0 Å². The smallest absolute Gasteiger partial charge is 0.215 e. The van der Waals surface area contributed by atoms with E-state index in [1.807, 2.05) is 14.1 Å². The van der Waals surface area contributed by atoms with Crippen LogP contribution in [0.3, 0.4) is 0 Å². The van der Waals surface area contributed by atoms with E-state index in [9.17, 15) is 4.79 Å². The highest BCUT2D eigenvalue weighted by atomic mass is 35.5. The zero-order valence-electron chi connectivity index (χ0n) is 9.40. The molecule has 0 saturated carbocycles. The van der Waals surface area contributed by atoms with Crippen LogP contribution >= 0.6 is 11.6 Å². The Kier molecular flexibility index (Phi) is 4.31. The Labute approximate surface area is 99.5 Å². The molecule has 0 radical (unpaired) electrons. The minimum Gasteiger partial charge on any atom is -0.481 e. The topological polar surface area (TPSA) is 42.4 Å². The maximum absolute atomic E-state index is 11.7. The van der Waals surface area contributed by atoms with Gasteiger partial charge in [-0.15, -0.1) is 0 Å². The van der Waals surface area contributed by atoms with Crippen molar-refractivity contribution in [1.29, 1.82) is 0 Å². The minimum atomic E-state index is -0.142. The van der Waals surface area contributed by atoms with Crippen LogP contribution in [0.25, 0.3) is 0 Å². The second kappa shape index (κ2) is 5.51. The molecule has 0 amide bonds. The van der Waals surface area contributed by atoms with Crippen LogP contribution in [0.5, 0.6) is 5.88 Å². The lowest BCUT2D eigenvalue weighted by molar-refractivity contribution is 0.104. The zero-order chi connectivity index (χ0) is 12.1. The van der Waals surface area contributed by atoms with E-state index in [0.29, 0.717) is 11.4 Å². The standard InChI is InChI=1S/C11H13ClN2O2/c1-14(2)5-4-9(15)8-6-10(12)13-11(7-8)16-3/h4-7H,1-3H3. The van der Waals surface area contributed by atoms with Gasteiger partial charge in [-0.2, -0.15) is 0 Å². The summed E-state index contributed by atoms with van der Waals surface area (Å²) in [5, 5.41) is 0.237. The molecule has 1 aromatic heterocycles. The number of carbonyl (C=O) groups is 1. The van der Waals surface area contributed by atoms with Crippen molar-refractivity contribution < 1.29 is 9.53 Å². The Hall–Kier alpha value is -1.55. The number of ketones is 1. The lowest BCUT2D eigenvalue weighted by Crippen LogP contribution is -2.03. The van der Waals surface area contributed by atoms with E-state index in [1.165, 1.54) is 19.3 Å². The number of hydrogen-bond donors (Lipinski definition) is 0. The third-order valence-electron chi connectivity index (χ3n) is 1.79. The van der Waals surface area contributed by atoms with Gasteiger partial charge >= 0.3 is 0 Å². The summed E-state index contributed by atoms with van der Waals surface area (Å²) >= 11 is 5.76. The first-order chi connectivity index (χ1) is 7.52. The van der Waals surface area contributed by atoms with Gasteiger partial charge in [-0.1, -0.05) is 11.6 Å². The first kappa shape index (κ1) is 12.5. The van der Waals surface area contributed by atoms with Crippen molar-refractivity contribution in [1.82, 2.24) is 9.88 Å². The molecule has 1 aromatic rings. The lowest BCUT2D eigenvalue weighted by atomic mass is 10.2. The van der Waals surface area contributed by atoms with E-state index in [1.54, 1.807) is 17.2 Å². The van der Waals surface area contributed by atoms with Crippen molar-refractivity contribution in [3.8, 4) is 5.88 Å². The zero-order valence-corrected chi connectivity index (χ0v) is 10.2. The van der Waals surface area contributed by atoms with Gasteiger partial charge in [-0.25, -0.2) is 4.98 Å². The number of pyridine rings is 1.